The molecule has 18 heavy (non-hydrogen) atoms. The Morgan fingerprint density at radius 2 is 1.67 bits per heavy atom. The lowest BCUT2D eigenvalue weighted by molar-refractivity contribution is -0.535. The van der Waals surface area contributed by atoms with Crippen LogP contribution in [-0.4, -0.2) is 18.5 Å². The van der Waals surface area contributed by atoms with Gasteiger partial charge in [0.25, 0.3) is 0 Å². The fourth-order valence-electron chi connectivity index (χ4n) is 0.579. The highest BCUT2D eigenvalue weighted by Crippen LogP contribution is 2.20. The Kier molecular flexibility index (Phi) is 7.27. The van der Waals surface area contributed by atoms with Gasteiger partial charge in [0, 0.05) is 6.92 Å². The molecule has 1 aromatic carbocycles. The van der Waals surface area contributed by atoms with Crippen LogP contribution in [-0.2, 0) is 10.1 Å². The zero-order valence-electron chi connectivity index (χ0n) is 9.03. The second-order valence-electron chi connectivity index (χ2n) is 2.63. The van der Waals surface area contributed by atoms with E-state index in [0.29, 0.717) is 0 Å². The van der Waals surface area contributed by atoms with Crippen LogP contribution in [0.4, 0.5) is 13.2 Å². The van der Waals surface area contributed by atoms with Crippen molar-refractivity contribution in [1.29, 1.82) is 0 Å². The zero-order valence-corrected chi connectivity index (χ0v) is 12.0. The van der Waals surface area contributed by atoms with E-state index in [2.05, 4.69) is 34.1 Å². The van der Waals surface area contributed by atoms with Crippen LogP contribution < -0.4 is 21.2 Å². The van der Waals surface area contributed by atoms with E-state index >= 15 is 0 Å². The Morgan fingerprint density at radius 3 is 2.00 bits per heavy atom. The molecule has 1 aromatic rings. The Balaban J connectivity index is 0.000000331. The molecule has 0 aromatic heterocycles. The SMILES string of the molecule is CC#C[I+]c1ccccc1.O=S(=O)([O-])C(F)(F)F. The molecule has 0 aliphatic rings. The molecule has 8 heteroatoms. The molecular formula is C10H8F3IO3S. The minimum atomic E-state index is -6.09. The maximum Gasteiger partial charge on any atom is 0.485 e. The summed E-state index contributed by atoms with van der Waals surface area (Å²) in [5.41, 5.74) is -5.65. The molecule has 0 amide bonds. The molecule has 3 nitrogen and oxygen atoms in total. The summed E-state index contributed by atoms with van der Waals surface area (Å²) in [4.78, 5) is 0. The van der Waals surface area contributed by atoms with Gasteiger partial charge in [-0.05, 0) is 12.1 Å². The third-order valence-corrected chi connectivity index (χ3v) is 3.99. The summed E-state index contributed by atoms with van der Waals surface area (Å²) in [6, 6.07) is 10.4. The molecule has 1 rings (SSSR count). The van der Waals surface area contributed by atoms with Crippen molar-refractivity contribution in [3.8, 4) is 9.85 Å². The predicted octanol–water partition coefficient (Wildman–Crippen LogP) is -1.02. The van der Waals surface area contributed by atoms with E-state index in [-0.39, 0.29) is 21.2 Å². The summed E-state index contributed by atoms with van der Waals surface area (Å²) in [7, 11) is -6.09. The molecule has 0 fully saturated rings. The van der Waals surface area contributed by atoms with Crippen LogP contribution >= 0.6 is 0 Å². The van der Waals surface area contributed by atoms with Crippen molar-refractivity contribution in [2.24, 2.45) is 0 Å². The van der Waals surface area contributed by atoms with E-state index in [4.69, 9.17) is 13.0 Å². The van der Waals surface area contributed by atoms with Gasteiger partial charge in [-0.2, -0.15) is 13.2 Å². The molecule has 0 N–H and O–H groups in total. The molecule has 0 heterocycles. The van der Waals surface area contributed by atoms with Crippen LogP contribution in [0.25, 0.3) is 0 Å². The van der Waals surface area contributed by atoms with Gasteiger partial charge < -0.3 is 4.55 Å². The number of hydrogen-bond acceptors (Lipinski definition) is 3. The maximum absolute atomic E-state index is 10.7. The van der Waals surface area contributed by atoms with E-state index in [1.165, 1.54) is 3.57 Å². The number of benzene rings is 1. The molecule has 0 saturated heterocycles. The van der Waals surface area contributed by atoms with E-state index in [0.717, 1.165) is 0 Å². The molecule has 0 saturated carbocycles. The topological polar surface area (TPSA) is 57.2 Å². The second kappa shape index (κ2) is 7.60. The first-order valence-electron chi connectivity index (χ1n) is 4.31. The average molecular weight is 392 g/mol. The minimum absolute atomic E-state index is 0.0344. The summed E-state index contributed by atoms with van der Waals surface area (Å²) < 4.78 is 63.4. The van der Waals surface area contributed by atoms with Gasteiger partial charge in [0.1, 0.15) is 0 Å². The van der Waals surface area contributed by atoms with Gasteiger partial charge in [-0.1, -0.05) is 24.1 Å². The van der Waals surface area contributed by atoms with E-state index in [1.807, 2.05) is 13.0 Å². The van der Waals surface area contributed by atoms with Gasteiger partial charge in [-0.3, -0.25) is 0 Å². The molecule has 0 aliphatic heterocycles. The monoisotopic (exact) mass is 392 g/mol. The van der Waals surface area contributed by atoms with E-state index < -0.39 is 15.6 Å². The molecular weight excluding hydrogens is 384 g/mol. The lowest BCUT2D eigenvalue weighted by atomic mass is 10.4. The first-order chi connectivity index (χ1) is 8.18. The van der Waals surface area contributed by atoms with Crippen LogP contribution in [0, 0.1) is 13.4 Å². The standard InChI is InChI=1S/C9H8I.CHF3O3S/c1-2-8-10-9-6-4-3-5-7-9;2-1(3,4)8(5,6)7/h3-7H,1H3;(H,5,6,7)/q+1;/p-1. The van der Waals surface area contributed by atoms with Gasteiger partial charge >= 0.3 is 26.7 Å². The normalized spacial score (nSPS) is 10.7. The molecule has 0 radical (unpaired) electrons. The number of hydrogen-bond donors (Lipinski definition) is 0. The summed E-state index contributed by atoms with van der Waals surface area (Å²) in [5, 5.41) is 0. The first-order valence-corrected chi connectivity index (χ1v) is 7.88. The fraction of sp³-hybridized carbons (Fsp3) is 0.200. The Bertz CT molecular complexity index is 515. The molecule has 0 bridgehead atoms. The maximum atomic E-state index is 10.7. The van der Waals surface area contributed by atoms with E-state index in [9.17, 15) is 13.2 Å². The van der Waals surface area contributed by atoms with Crippen molar-refractivity contribution in [3.05, 3.63) is 33.9 Å². The highest BCUT2D eigenvalue weighted by Gasteiger charge is 2.36. The first kappa shape index (κ1) is 17.2. The van der Waals surface area contributed by atoms with Gasteiger partial charge in [0.15, 0.2) is 14.0 Å². The molecule has 0 aliphatic carbocycles. The van der Waals surface area contributed by atoms with Crippen LogP contribution in [0.2, 0.25) is 0 Å². The highest BCUT2D eigenvalue weighted by molar-refractivity contribution is 7.86. The Labute approximate surface area is 113 Å². The smallest absolute Gasteiger partial charge is 0.485 e. The molecule has 0 spiro atoms. The van der Waals surface area contributed by atoms with Crippen molar-refractivity contribution in [1.82, 2.24) is 0 Å². The van der Waals surface area contributed by atoms with Gasteiger partial charge in [0.2, 0.25) is 3.57 Å². The minimum Gasteiger partial charge on any atom is -0.741 e. The van der Waals surface area contributed by atoms with Crippen LogP contribution in [0.5, 0.6) is 0 Å². The second-order valence-corrected chi connectivity index (χ2v) is 6.33. The number of rotatable bonds is 1. The Morgan fingerprint density at radius 1 is 1.22 bits per heavy atom. The summed E-state index contributed by atoms with van der Waals surface area (Å²) in [6.45, 7) is 1.89. The van der Waals surface area contributed by atoms with Crippen LogP contribution in [0.1, 0.15) is 6.92 Å². The predicted molar refractivity (Wildman–Crippen MR) is 54.3 cm³/mol. The average Bonchev–Trinajstić information content (AvgIpc) is 2.26. The lowest BCUT2D eigenvalue weighted by Crippen LogP contribution is -3.59. The molecule has 100 valence electrons. The van der Waals surface area contributed by atoms with Crippen molar-refractivity contribution in [3.63, 3.8) is 0 Å². The molecule has 0 unspecified atom stereocenters. The Hall–Kier alpha value is -0.790. The quantitative estimate of drug-likeness (QED) is 0.266. The van der Waals surface area contributed by atoms with Crippen molar-refractivity contribution in [2.45, 2.75) is 12.4 Å². The summed E-state index contributed by atoms with van der Waals surface area (Å²) >= 11 is -0.0344. The largest absolute Gasteiger partial charge is 0.741 e. The third-order valence-electron chi connectivity index (χ3n) is 1.27. The summed E-state index contributed by atoms with van der Waals surface area (Å²) in [5.74, 6) is 2.92. The van der Waals surface area contributed by atoms with Crippen molar-refractivity contribution >= 4 is 10.1 Å². The number of alkyl halides is 3. The number of halogens is 4. The van der Waals surface area contributed by atoms with Crippen molar-refractivity contribution < 1.29 is 47.3 Å². The van der Waals surface area contributed by atoms with Gasteiger partial charge in [-0.15, -0.1) is 0 Å². The van der Waals surface area contributed by atoms with Gasteiger partial charge in [-0.25, -0.2) is 8.42 Å². The fourth-order valence-corrected chi connectivity index (χ4v) is 1.94. The highest BCUT2D eigenvalue weighted by atomic mass is 127. The van der Waals surface area contributed by atoms with Gasteiger partial charge in [0.05, 0.1) is 0 Å². The summed E-state index contributed by atoms with van der Waals surface area (Å²) in [6.07, 6.45) is 0. The molecule has 0 atom stereocenters. The third kappa shape index (κ3) is 7.52. The lowest BCUT2D eigenvalue weighted by Gasteiger charge is -2.08. The van der Waals surface area contributed by atoms with Crippen LogP contribution in [0.3, 0.4) is 0 Å². The zero-order chi connectivity index (χ0) is 14.2. The van der Waals surface area contributed by atoms with Crippen molar-refractivity contribution in [2.75, 3.05) is 0 Å². The van der Waals surface area contributed by atoms with E-state index in [1.54, 1.807) is 0 Å². The van der Waals surface area contributed by atoms with Crippen LogP contribution in [0.15, 0.2) is 30.3 Å².